The topological polar surface area (TPSA) is 69.6 Å². The van der Waals surface area contributed by atoms with Crippen molar-refractivity contribution in [3.05, 3.63) is 0 Å². The Balaban J connectivity index is 2.10. The van der Waals surface area contributed by atoms with Crippen LogP contribution in [0.25, 0.3) is 0 Å². The lowest BCUT2D eigenvalue weighted by Crippen LogP contribution is -2.49. The number of carboxylic acid groups (broad SMARTS) is 1. The second-order valence-corrected chi connectivity index (χ2v) is 5.13. The van der Waals surface area contributed by atoms with Crippen LogP contribution in [0.3, 0.4) is 0 Å². The summed E-state index contributed by atoms with van der Waals surface area (Å²) in [4.78, 5) is 24.8. The van der Waals surface area contributed by atoms with Gasteiger partial charge < -0.3 is 15.3 Å². The molecule has 1 saturated heterocycles. The van der Waals surface area contributed by atoms with Crippen LogP contribution >= 0.6 is 0 Å². The molecule has 5 nitrogen and oxygen atoms in total. The molecule has 2 amide bonds. The van der Waals surface area contributed by atoms with E-state index in [1.54, 1.807) is 6.92 Å². The van der Waals surface area contributed by atoms with Gasteiger partial charge in [-0.3, -0.25) is 0 Å². The Morgan fingerprint density at radius 2 is 2.22 bits per heavy atom. The van der Waals surface area contributed by atoms with Gasteiger partial charge in [-0.1, -0.05) is 12.3 Å². The van der Waals surface area contributed by atoms with E-state index in [0.29, 0.717) is 12.5 Å². The molecule has 4 unspecified atom stereocenters. The molecular formula is C13H18N2O3. The number of carbonyl (C=O) groups excluding carboxylic acids is 1. The van der Waals surface area contributed by atoms with Crippen molar-refractivity contribution in [2.45, 2.75) is 38.3 Å². The normalized spacial score (nSPS) is 31.6. The van der Waals surface area contributed by atoms with E-state index in [1.807, 2.05) is 0 Å². The monoisotopic (exact) mass is 250 g/mol. The Bertz CT molecular complexity index is 402. The van der Waals surface area contributed by atoms with Crippen molar-refractivity contribution in [3.8, 4) is 12.3 Å². The molecule has 0 aromatic rings. The van der Waals surface area contributed by atoms with Crippen LogP contribution in [0.4, 0.5) is 4.79 Å². The first-order chi connectivity index (χ1) is 8.54. The van der Waals surface area contributed by atoms with Gasteiger partial charge in [0, 0.05) is 6.54 Å². The summed E-state index contributed by atoms with van der Waals surface area (Å²) in [6.45, 7) is 2.23. The Morgan fingerprint density at radius 1 is 1.50 bits per heavy atom. The van der Waals surface area contributed by atoms with E-state index in [2.05, 4.69) is 11.2 Å². The van der Waals surface area contributed by atoms with E-state index in [1.165, 1.54) is 4.90 Å². The number of nitrogens with one attached hydrogen (secondary N) is 1. The van der Waals surface area contributed by atoms with Gasteiger partial charge in [0.1, 0.15) is 6.04 Å². The first-order valence-corrected chi connectivity index (χ1v) is 6.30. The van der Waals surface area contributed by atoms with Crippen molar-refractivity contribution in [2.75, 3.05) is 6.54 Å². The van der Waals surface area contributed by atoms with Crippen LogP contribution in [-0.2, 0) is 4.79 Å². The molecule has 4 atom stereocenters. The molecular weight excluding hydrogens is 232 g/mol. The van der Waals surface area contributed by atoms with Crippen molar-refractivity contribution in [3.63, 3.8) is 0 Å². The highest BCUT2D eigenvalue weighted by atomic mass is 16.4. The summed E-state index contributed by atoms with van der Waals surface area (Å²) >= 11 is 0. The van der Waals surface area contributed by atoms with Crippen molar-refractivity contribution >= 4 is 12.0 Å². The van der Waals surface area contributed by atoms with E-state index in [-0.39, 0.29) is 18.0 Å². The lowest BCUT2D eigenvalue weighted by atomic mass is 9.94. The zero-order valence-electron chi connectivity index (χ0n) is 10.4. The maximum atomic E-state index is 12.0. The van der Waals surface area contributed by atoms with Crippen LogP contribution in [0.5, 0.6) is 0 Å². The Morgan fingerprint density at radius 3 is 2.83 bits per heavy atom. The van der Waals surface area contributed by atoms with Gasteiger partial charge in [-0.15, -0.1) is 6.42 Å². The molecule has 0 bridgehead atoms. The van der Waals surface area contributed by atoms with E-state index >= 15 is 0 Å². The largest absolute Gasteiger partial charge is 0.480 e. The third-order valence-electron chi connectivity index (χ3n) is 3.99. The molecule has 0 spiro atoms. The van der Waals surface area contributed by atoms with Crippen molar-refractivity contribution in [1.82, 2.24) is 10.2 Å². The highest BCUT2D eigenvalue weighted by Gasteiger charge is 2.49. The summed E-state index contributed by atoms with van der Waals surface area (Å²) in [6.07, 6.45) is 8.19. The number of carboxylic acids is 1. The van der Waals surface area contributed by atoms with Gasteiger partial charge >= 0.3 is 12.0 Å². The minimum atomic E-state index is -0.909. The molecule has 0 radical (unpaired) electrons. The summed E-state index contributed by atoms with van der Waals surface area (Å²) in [5.41, 5.74) is 0. The average molecular weight is 250 g/mol. The van der Waals surface area contributed by atoms with E-state index in [4.69, 9.17) is 6.42 Å². The lowest BCUT2D eigenvalue weighted by molar-refractivity contribution is -0.142. The fraction of sp³-hybridized carbons (Fsp3) is 0.692. The first-order valence-electron chi connectivity index (χ1n) is 6.30. The van der Waals surface area contributed by atoms with E-state index < -0.39 is 12.0 Å². The minimum Gasteiger partial charge on any atom is -0.480 e. The van der Waals surface area contributed by atoms with Crippen LogP contribution in [0.1, 0.15) is 26.2 Å². The van der Waals surface area contributed by atoms with Gasteiger partial charge in [-0.2, -0.15) is 0 Å². The average Bonchev–Trinajstić information content (AvgIpc) is 2.86. The SMILES string of the molecule is C#CC(C)NC(=O)N1CC2CCCC2C1C(=O)O. The molecule has 2 rings (SSSR count). The number of fused-ring (bicyclic) bond motifs is 1. The van der Waals surface area contributed by atoms with Crippen LogP contribution in [0.2, 0.25) is 0 Å². The van der Waals surface area contributed by atoms with Gasteiger partial charge in [0.05, 0.1) is 6.04 Å². The summed E-state index contributed by atoms with van der Waals surface area (Å²) < 4.78 is 0. The number of urea groups is 1. The number of terminal acetylenes is 1. The molecule has 0 aromatic carbocycles. The Labute approximate surface area is 107 Å². The highest BCUT2D eigenvalue weighted by Crippen LogP contribution is 2.42. The zero-order chi connectivity index (χ0) is 13.3. The minimum absolute atomic E-state index is 0.106. The summed E-state index contributed by atoms with van der Waals surface area (Å²) in [5.74, 6) is 1.94. The second-order valence-electron chi connectivity index (χ2n) is 5.13. The molecule has 5 heteroatoms. The molecule has 0 aromatic heterocycles. The van der Waals surface area contributed by atoms with Crippen LogP contribution in [0.15, 0.2) is 0 Å². The fourth-order valence-corrected chi connectivity index (χ4v) is 3.14. The first kappa shape index (κ1) is 12.7. The number of nitrogens with zero attached hydrogens (tertiary/aromatic N) is 1. The van der Waals surface area contributed by atoms with Crippen molar-refractivity contribution in [1.29, 1.82) is 0 Å². The van der Waals surface area contributed by atoms with Crippen LogP contribution in [-0.4, -0.2) is 40.6 Å². The lowest BCUT2D eigenvalue weighted by Gasteiger charge is -2.25. The van der Waals surface area contributed by atoms with Gasteiger partial charge in [-0.05, 0) is 31.6 Å². The molecule has 98 valence electrons. The molecule has 1 aliphatic carbocycles. The van der Waals surface area contributed by atoms with Crippen molar-refractivity contribution in [2.24, 2.45) is 11.8 Å². The molecule has 2 fully saturated rings. The molecule has 1 saturated carbocycles. The van der Waals surface area contributed by atoms with Crippen LogP contribution < -0.4 is 5.32 Å². The molecule has 18 heavy (non-hydrogen) atoms. The summed E-state index contributed by atoms with van der Waals surface area (Å²) in [5, 5.41) is 11.9. The Kier molecular flexibility index (Phi) is 3.46. The van der Waals surface area contributed by atoms with Gasteiger partial charge in [0.15, 0.2) is 0 Å². The number of hydrogen-bond donors (Lipinski definition) is 2. The van der Waals surface area contributed by atoms with Gasteiger partial charge in [0.25, 0.3) is 0 Å². The number of aliphatic carboxylic acids is 1. The predicted molar refractivity (Wildman–Crippen MR) is 65.8 cm³/mol. The van der Waals surface area contributed by atoms with Gasteiger partial charge in [-0.25, -0.2) is 9.59 Å². The highest BCUT2D eigenvalue weighted by molar-refractivity contribution is 5.84. The number of carbonyl (C=O) groups is 2. The summed E-state index contributed by atoms with van der Waals surface area (Å²) in [6, 6.07) is -1.43. The van der Waals surface area contributed by atoms with E-state index in [0.717, 1.165) is 19.3 Å². The standard InChI is InChI=1S/C13H18N2O3/c1-3-8(2)14-13(18)15-7-9-5-4-6-10(9)11(15)12(16)17/h1,8-11H,4-7H2,2H3,(H,14,18)(H,16,17). The maximum Gasteiger partial charge on any atom is 0.326 e. The van der Waals surface area contributed by atoms with Gasteiger partial charge in [0.2, 0.25) is 0 Å². The molecule has 2 N–H and O–H groups in total. The third-order valence-corrected chi connectivity index (χ3v) is 3.99. The smallest absolute Gasteiger partial charge is 0.326 e. The second kappa shape index (κ2) is 4.89. The van der Waals surface area contributed by atoms with Crippen molar-refractivity contribution < 1.29 is 14.7 Å². The number of hydrogen-bond acceptors (Lipinski definition) is 2. The number of amides is 2. The number of likely N-dealkylation sites (tertiary alicyclic amines) is 1. The third kappa shape index (κ3) is 2.15. The predicted octanol–water partition coefficient (Wildman–Crippen LogP) is 0.903. The quantitative estimate of drug-likeness (QED) is 0.715. The molecule has 1 aliphatic heterocycles. The molecule has 1 heterocycles. The maximum absolute atomic E-state index is 12.0. The summed E-state index contributed by atoms with van der Waals surface area (Å²) in [7, 11) is 0. The zero-order valence-corrected chi connectivity index (χ0v) is 10.4. The fourth-order valence-electron chi connectivity index (χ4n) is 3.14. The molecule has 2 aliphatic rings. The Hall–Kier alpha value is -1.70. The van der Waals surface area contributed by atoms with Crippen LogP contribution in [0, 0.1) is 24.2 Å². The van der Waals surface area contributed by atoms with E-state index in [9.17, 15) is 14.7 Å². The number of rotatable bonds is 2.